The predicted molar refractivity (Wildman–Crippen MR) is 111 cm³/mol. The second-order valence-electron chi connectivity index (χ2n) is 6.84. The molecule has 1 fully saturated rings. The minimum atomic E-state index is -3.57. The Balaban J connectivity index is 1.44. The molecule has 1 aliphatic carbocycles. The summed E-state index contributed by atoms with van der Waals surface area (Å²) >= 11 is 5.79. The predicted octanol–water partition coefficient (Wildman–Crippen LogP) is 2.93. The second-order valence-corrected chi connectivity index (χ2v) is 8.99. The molecule has 0 saturated heterocycles. The van der Waals surface area contributed by atoms with E-state index in [0.29, 0.717) is 29.2 Å². The summed E-state index contributed by atoms with van der Waals surface area (Å²) in [5.41, 5.74) is 0.913. The third-order valence-electron chi connectivity index (χ3n) is 4.30. The van der Waals surface area contributed by atoms with Gasteiger partial charge in [-0.3, -0.25) is 9.59 Å². The average molecular weight is 436 g/mol. The number of carbonyl (C=O) groups excluding carboxylic acids is 2. The molecule has 7 nitrogen and oxygen atoms in total. The fourth-order valence-corrected chi connectivity index (χ4v) is 4.08. The summed E-state index contributed by atoms with van der Waals surface area (Å²) in [5.74, 6) is -0.487. The van der Waals surface area contributed by atoms with Crippen molar-refractivity contribution in [2.24, 2.45) is 0 Å². The van der Waals surface area contributed by atoms with Crippen LogP contribution in [-0.2, 0) is 14.8 Å². The summed E-state index contributed by atoms with van der Waals surface area (Å²) in [4.78, 5) is 24.2. The molecule has 2 aromatic carbocycles. The first-order chi connectivity index (χ1) is 13.8. The topological polar surface area (TPSA) is 104 Å². The van der Waals surface area contributed by atoms with E-state index in [1.54, 1.807) is 36.4 Å². The Bertz CT molecular complexity index is 989. The molecule has 0 spiro atoms. The van der Waals surface area contributed by atoms with Crippen LogP contribution in [0.1, 0.15) is 36.0 Å². The summed E-state index contributed by atoms with van der Waals surface area (Å²) in [7, 11) is -3.57. The zero-order chi connectivity index (χ0) is 20.9. The van der Waals surface area contributed by atoms with E-state index in [2.05, 4.69) is 15.4 Å². The van der Waals surface area contributed by atoms with E-state index in [0.717, 1.165) is 12.8 Å². The van der Waals surface area contributed by atoms with Crippen LogP contribution in [-0.4, -0.2) is 32.8 Å². The van der Waals surface area contributed by atoms with Crippen LogP contribution in [0, 0.1) is 0 Å². The van der Waals surface area contributed by atoms with E-state index in [9.17, 15) is 18.0 Å². The Kier molecular flexibility index (Phi) is 6.89. The van der Waals surface area contributed by atoms with E-state index in [1.165, 1.54) is 12.1 Å². The lowest BCUT2D eigenvalue weighted by Gasteiger charge is -2.09. The summed E-state index contributed by atoms with van der Waals surface area (Å²) in [5, 5.41) is 5.99. The number of sulfonamides is 1. The largest absolute Gasteiger partial charge is 0.352 e. The Morgan fingerprint density at radius 1 is 1.07 bits per heavy atom. The maximum atomic E-state index is 12.3. The summed E-state index contributed by atoms with van der Waals surface area (Å²) in [6.07, 6.45) is 2.35. The Morgan fingerprint density at radius 3 is 2.48 bits per heavy atom. The highest BCUT2D eigenvalue weighted by atomic mass is 35.5. The molecule has 0 unspecified atom stereocenters. The van der Waals surface area contributed by atoms with E-state index < -0.39 is 10.0 Å². The molecule has 2 amide bonds. The molecule has 1 aliphatic rings. The van der Waals surface area contributed by atoms with E-state index >= 15 is 0 Å². The standard InChI is InChI=1S/C20H22ClN3O4S/c21-15-8-6-14(7-9-15)20(26)22-12-2-5-19(25)23-17-3-1-4-18(13-17)29(27,28)24-16-10-11-16/h1,3-4,6-9,13,16,24H,2,5,10-12H2,(H,22,26)(H,23,25). The smallest absolute Gasteiger partial charge is 0.251 e. The van der Waals surface area contributed by atoms with Gasteiger partial charge in [-0.15, -0.1) is 0 Å². The van der Waals surface area contributed by atoms with Gasteiger partial charge in [0.25, 0.3) is 5.91 Å². The van der Waals surface area contributed by atoms with E-state index in [4.69, 9.17) is 11.6 Å². The van der Waals surface area contributed by atoms with Gasteiger partial charge < -0.3 is 10.6 Å². The van der Waals surface area contributed by atoms with Crippen molar-refractivity contribution >= 4 is 39.1 Å². The number of anilines is 1. The highest BCUT2D eigenvalue weighted by Gasteiger charge is 2.28. The number of amides is 2. The monoisotopic (exact) mass is 435 g/mol. The molecule has 0 aromatic heterocycles. The fourth-order valence-electron chi connectivity index (χ4n) is 2.61. The normalized spacial score (nSPS) is 13.7. The zero-order valence-electron chi connectivity index (χ0n) is 15.7. The summed E-state index contributed by atoms with van der Waals surface area (Å²) < 4.78 is 27.1. The summed E-state index contributed by atoms with van der Waals surface area (Å²) in [6, 6.07) is 12.7. The van der Waals surface area contributed by atoms with Crippen LogP contribution < -0.4 is 15.4 Å². The zero-order valence-corrected chi connectivity index (χ0v) is 17.2. The highest BCUT2D eigenvalue weighted by molar-refractivity contribution is 7.89. The average Bonchev–Trinajstić information content (AvgIpc) is 3.49. The Hall–Kier alpha value is -2.42. The molecule has 2 aromatic rings. The van der Waals surface area contributed by atoms with Crippen molar-refractivity contribution in [1.82, 2.24) is 10.0 Å². The van der Waals surface area contributed by atoms with Gasteiger partial charge in [-0.25, -0.2) is 13.1 Å². The number of carbonyl (C=O) groups is 2. The van der Waals surface area contributed by atoms with Gasteiger partial charge in [0, 0.05) is 35.3 Å². The van der Waals surface area contributed by atoms with Crippen LogP contribution in [0.15, 0.2) is 53.4 Å². The molecular formula is C20H22ClN3O4S. The molecule has 0 bridgehead atoms. The van der Waals surface area contributed by atoms with Crippen LogP contribution in [0.3, 0.4) is 0 Å². The van der Waals surface area contributed by atoms with Crippen molar-refractivity contribution in [1.29, 1.82) is 0 Å². The number of halogens is 1. The Labute approximate surface area is 174 Å². The van der Waals surface area contributed by atoms with Gasteiger partial charge in [-0.05, 0) is 61.7 Å². The van der Waals surface area contributed by atoms with Gasteiger partial charge in [-0.2, -0.15) is 0 Å². The van der Waals surface area contributed by atoms with Crippen LogP contribution in [0.2, 0.25) is 5.02 Å². The molecular weight excluding hydrogens is 414 g/mol. The minimum Gasteiger partial charge on any atom is -0.352 e. The molecule has 0 atom stereocenters. The molecule has 3 rings (SSSR count). The molecule has 29 heavy (non-hydrogen) atoms. The number of hydrogen-bond donors (Lipinski definition) is 3. The van der Waals surface area contributed by atoms with Crippen LogP contribution in [0.5, 0.6) is 0 Å². The molecule has 9 heteroatoms. The first-order valence-electron chi connectivity index (χ1n) is 9.29. The van der Waals surface area contributed by atoms with Gasteiger partial charge >= 0.3 is 0 Å². The van der Waals surface area contributed by atoms with Gasteiger partial charge in [0.05, 0.1) is 4.90 Å². The van der Waals surface area contributed by atoms with Crippen LogP contribution >= 0.6 is 11.6 Å². The van der Waals surface area contributed by atoms with Gasteiger partial charge in [0.2, 0.25) is 15.9 Å². The van der Waals surface area contributed by atoms with Gasteiger partial charge in [-0.1, -0.05) is 17.7 Å². The van der Waals surface area contributed by atoms with Crippen LogP contribution in [0.4, 0.5) is 5.69 Å². The number of benzene rings is 2. The lowest BCUT2D eigenvalue weighted by Crippen LogP contribution is -2.26. The van der Waals surface area contributed by atoms with Gasteiger partial charge in [0.1, 0.15) is 0 Å². The van der Waals surface area contributed by atoms with Crippen molar-refractivity contribution in [3.63, 3.8) is 0 Å². The van der Waals surface area contributed by atoms with Crippen molar-refractivity contribution in [3.05, 3.63) is 59.1 Å². The van der Waals surface area contributed by atoms with Crippen molar-refractivity contribution in [2.45, 2.75) is 36.6 Å². The third kappa shape index (κ3) is 6.56. The Morgan fingerprint density at radius 2 is 1.79 bits per heavy atom. The first kappa shape index (κ1) is 21.3. The second kappa shape index (κ2) is 9.39. The lowest BCUT2D eigenvalue weighted by atomic mass is 10.2. The molecule has 0 aliphatic heterocycles. The quantitative estimate of drug-likeness (QED) is 0.526. The van der Waals surface area contributed by atoms with E-state index in [-0.39, 0.29) is 29.2 Å². The summed E-state index contributed by atoms with van der Waals surface area (Å²) in [6.45, 7) is 0.342. The maximum absolute atomic E-state index is 12.3. The third-order valence-corrected chi connectivity index (χ3v) is 6.07. The first-order valence-corrected chi connectivity index (χ1v) is 11.2. The van der Waals surface area contributed by atoms with E-state index in [1.807, 2.05) is 0 Å². The number of hydrogen-bond acceptors (Lipinski definition) is 4. The molecule has 0 heterocycles. The lowest BCUT2D eigenvalue weighted by molar-refractivity contribution is -0.116. The van der Waals surface area contributed by atoms with Crippen molar-refractivity contribution in [2.75, 3.05) is 11.9 Å². The number of rotatable bonds is 9. The van der Waals surface area contributed by atoms with Gasteiger partial charge in [0.15, 0.2) is 0 Å². The molecule has 1 saturated carbocycles. The number of nitrogens with one attached hydrogen (secondary N) is 3. The fraction of sp³-hybridized carbons (Fsp3) is 0.300. The van der Waals surface area contributed by atoms with Crippen LogP contribution in [0.25, 0.3) is 0 Å². The highest BCUT2D eigenvalue weighted by Crippen LogP contribution is 2.23. The molecule has 0 radical (unpaired) electrons. The molecule has 3 N–H and O–H groups in total. The van der Waals surface area contributed by atoms with Crippen molar-refractivity contribution in [3.8, 4) is 0 Å². The molecule has 154 valence electrons. The maximum Gasteiger partial charge on any atom is 0.251 e. The minimum absolute atomic E-state index is 0.0151. The SMILES string of the molecule is O=C(CCCNC(=O)c1ccc(Cl)cc1)Nc1cccc(S(=O)(=O)NC2CC2)c1. The van der Waals surface area contributed by atoms with Crippen molar-refractivity contribution < 1.29 is 18.0 Å².